The summed E-state index contributed by atoms with van der Waals surface area (Å²) in [6, 6.07) is 10.5. The number of para-hydroxylation sites is 1. The van der Waals surface area contributed by atoms with Gasteiger partial charge in [0.15, 0.2) is 0 Å². The number of rotatable bonds is 4. The number of nitrogens with one attached hydrogen (secondary N) is 2. The Balaban J connectivity index is 1.75. The van der Waals surface area contributed by atoms with Gasteiger partial charge in [-0.2, -0.15) is 0 Å². The Labute approximate surface area is 125 Å². The highest BCUT2D eigenvalue weighted by molar-refractivity contribution is 5.78. The summed E-state index contributed by atoms with van der Waals surface area (Å²) in [4.78, 5) is 15.1. The van der Waals surface area contributed by atoms with Gasteiger partial charge in [0.1, 0.15) is 0 Å². The number of aromatic amines is 1. The molecule has 3 nitrogen and oxygen atoms in total. The summed E-state index contributed by atoms with van der Waals surface area (Å²) in [5, 5.41) is 4.73. The molecule has 2 atom stereocenters. The summed E-state index contributed by atoms with van der Waals surface area (Å²) in [7, 11) is 0. The molecule has 112 valence electrons. The third-order valence-corrected chi connectivity index (χ3v) is 4.82. The quantitative estimate of drug-likeness (QED) is 0.901. The average Bonchev–Trinajstić information content (AvgIpc) is 2.53. The van der Waals surface area contributed by atoms with Gasteiger partial charge >= 0.3 is 0 Å². The molecule has 3 rings (SSSR count). The first-order chi connectivity index (χ1) is 10.3. The molecule has 3 heteroatoms. The second-order valence-corrected chi connectivity index (χ2v) is 6.15. The lowest BCUT2D eigenvalue weighted by Gasteiger charge is -2.31. The van der Waals surface area contributed by atoms with Crippen LogP contribution in [0.25, 0.3) is 10.9 Å². The van der Waals surface area contributed by atoms with Crippen LogP contribution in [0.15, 0.2) is 35.1 Å². The van der Waals surface area contributed by atoms with E-state index in [9.17, 15) is 4.79 Å². The Morgan fingerprint density at radius 2 is 2.05 bits per heavy atom. The smallest absolute Gasteiger partial charge is 0.252 e. The second kappa shape index (κ2) is 6.44. The molecule has 0 aliphatic heterocycles. The number of hydrogen-bond donors (Lipinski definition) is 2. The van der Waals surface area contributed by atoms with E-state index in [4.69, 9.17) is 0 Å². The first-order valence-electron chi connectivity index (χ1n) is 8.12. The van der Waals surface area contributed by atoms with Crippen LogP contribution in [0.2, 0.25) is 0 Å². The SMILES string of the molecule is CCC1CCCCC1NCc1cc2ccccc2[nH]c1=O. The minimum Gasteiger partial charge on any atom is -0.322 e. The molecule has 1 saturated carbocycles. The predicted octanol–water partition coefficient (Wildman–Crippen LogP) is 3.59. The van der Waals surface area contributed by atoms with Crippen LogP contribution in [0.4, 0.5) is 0 Å². The van der Waals surface area contributed by atoms with Crippen LogP contribution in [0.3, 0.4) is 0 Å². The van der Waals surface area contributed by atoms with Crippen LogP contribution in [0.5, 0.6) is 0 Å². The normalized spacial score (nSPS) is 22.5. The molecule has 1 fully saturated rings. The van der Waals surface area contributed by atoms with Crippen molar-refractivity contribution in [2.24, 2.45) is 5.92 Å². The van der Waals surface area contributed by atoms with E-state index in [1.807, 2.05) is 30.3 Å². The van der Waals surface area contributed by atoms with Gasteiger partial charge in [0.2, 0.25) is 0 Å². The van der Waals surface area contributed by atoms with Gasteiger partial charge < -0.3 is 10.3 Å². The van der Waals surface area contributed by atoms with Gasteiger partial charge in [-0.3, -0.25) is 4.79 Å². The van der Waals surface area contributed by atoms with Gasteiger partial charge in [-0.05, 0) is 36.3 Å². The summed E-state index contributed by atoms with van der Waals surface area (Å²) in [5.74, 6) is 0.762. The van der Waals surface area contributed by atoms with E-state index in [1.165, 1.54) is 32.1 Å². The van der Waals surface area contributed by atoms with Crippen molar-refractivity contribution < 1.29 is 0 Å². The van der Waals surface area contributed by atoms with Crippen LogP contribution >= 0.6 is 0 Å². The van der Waals surface area contributed by atoms with Crippen molar-refractivity contribution in [3.8, 4) is 0 Å². The van der Waals surface area contributed by atoms with Crippen LogP contribution in [-0.4, -0.2) is 11.0 Å². The lowest BCUT2D eigenvalue weighted by atomic mass is 9.83. The zero-order valence-corrected chi connectivity index (χ0v) is 12.7. The molecule has 21 heavy (non-hydrogen) atoms. The maximum absolute atomic E-state index is 12.2. The Morgan fingerprint density at radius 3 is 2.90 bits per heavy atom. The van der Waals surface area contributed by atoms with Crippen molar-refractivity contribution in [1.82, 2.24) is 10.3 Å². The van der Waals surface area contributed by atoms with Crippen molar-refractivity contribution in [3.05, 3.63) is 46.2 Å². The fourth-order valence-electron chi connectivity index (χ4n) is 3.53. The first-order valence-corrected chi connectivity index (χ1v) is 8.12. The minimum absolute atomic E-state index is 0.0325. The van der Waals surface area contributed by atoms with Crippen molar-refractivity contribution in [1.29, 1.82) is 0 Å². The third kappa shape index (κ3) is 3.18. The van der Waals surface area contributed by atoms with E-state index in [0.29, 0.717) is 12.6 Å². The molecule has 1 aromatic carbocycles. The predicted molar refractivity (Wildman–Crippen MR) is 87.4 cm³/mol. The topological polar surface area (TPSA) is 44.9 Å². The van der Waals surface area contributed by atoms with Crippen molar-refractivity contribution in [3.63, 3.8) is 0 Å². The van der Waals surface area contributed by atoms with Gasteiger partial charge in [-0.1, -0.05) is 44.4 Å². The highest BCUT2D eigenvalue weighted by atomic mass is 16.1. The first kappa shape index (κ1) is 14.3. The van der Waals surface area contributed by atoms with Gasteiger partial charge in [0.25, 0.3) is 5.56 Å². The molecule has 1 aromatic heterocycles. The largest absolute Gasteiger partial charge is 0.322 e. The molecule has 2 unspecified atom stereocenters. The van der Waals surface area contributed by atoms with Crippen molar-refractivity contribution in [2.75, 3.05) is 0 Å². The molecule has 1 aliphatic carbocycles. The molecule has 1 heterocycles. The molecule has 0 spiro atoms. The Bertz CT molecular complexity index is 662. The van der Waals surface area contributed by atoms with Gasteiger partial charge in [0.05, 0.1) is 0 Å². The van der Waals surface area contributed by atoms with Crippen LogP contribution < -0.4 is 10.9 Å². The number of hydrogen-bond acceptors (Lipinski definition) is 2. The highest BCUT2D eigenvalue weighted by Gasteiger charge is 2.23. The Morgan fingerprint density at radius 1 is 1.24 bits per heavy atom. The summed E-state index contributed by atoms with van der Waals surface area (Å²) in [6.45, 7) is 2.94. The highest BCUT2D eigenvalue weighted by Crippen LogP contribution is 2.26. The molecular formula is C18H24N2O. The molecule has 0 saturated heterocycles. The van der Waals surface area contributed by atoms with E-state index >= 15 is 0 Å². The van der Waals surface area contributed by atoms with E-state index < -0.39 is 0 Å². The van der Waals surface area contributed by atoms with Crippen LogP contribution in [0, 0.1) is 5.92 Å². The number of benzene rings is 1. The number of fused-ring (bicyclic) bond motifs is 1. The summed E-state index contributed by atoms with van der Waals surface area (Å²) < 4.78 is 0. The Hall–Kier alpha value is -1.61. The number of aromatic nitrogens is 1. The molecule has 1 aliphatic rings. The average molecular weight is 284 g/mol. The van der Waals surface area contributed by atoms with Gasteiger partial charge in [0, 0.05) is 23.7 Å². The van der Waals surface area contributed by atoms with Crippen LogP contribution in [0.1, 0.15) is 44.6 Å². The fourth-order valence-corrected chi connectivity index (χ4v) is 3.53. The van der Waals surface area contributed by atoms with E-state index in [1.54, 1.807) is 0 Å². The van der Waals surface area contributed by atoms with Crippen molar-refractivity contribution in [2.45, 2.75) is 51.6 Å². The summed E-state index contributed by atoms with van der Waals surface area (Å²) >= 11 is 0. The van der Waals surface area contributed by atoms with Gasteiger partial charge in [-0.25, -0.2) is 0 Å². The molecule has 0 bridgehead atoms. The lowest BCUT2D eigenvalue weighted by Crippen LogP contribution is -2.38. The molecule has 0 amide bonds. The molecular weight excluding hydrogens is 260 g/mol. The zero-order chi connectivity index (χ0) is 14.7. The van der Waals surface area contributed by atoms with Crippen LogP contribution in [-0.2, 0) is 6.54 Å². The molecule has 2 N–H and O–H groups in total. The van der Waals surface area contributed by atoms with Gasteiger partial charge in [-0.15, -0.1) is 0 Å². The maximum atomic E-state index is 12.2. The number of H-pyrrole nitrogens is 1. The summed E-state index contributed by atoms with van der Waals surface area (Å²) in [5.41, 5.74) is 1.79. The second-order valence-electron chi connectivity index (χ2n) is 6.15. The number of pyridine rings is 1. The van der Waals surface area contributed by atoms with Crippen molar-refractivity contribution >= 4 is 10.9 Å². The fraction of sp³-hybridized carbons (Fsp3) is 0.500. The monoisotopic (exact) mass is 284 g/mol. The zero-order valence-electron chi connectivity index (χ0n) is 12.7. The van der Waals surface area contributed by atoms with E-state index in [-0.39, 0.29) is 5.56 Å². The minimum atomic E-state index is 0.0325. The molecule has 0 radical (unpaired) electrons. The third-order valence-electron chi connectivity index (χ3n) is 4.82. The Kier molecular flexibility index (Phi) is 4.39. The molecule has 2 aromatic rings. The van der Waals surface area contributed by atoms with E-state index in [0.717, 1.165) is 22.4 Å². The standard InChI is InChI=1S/C18H24N2O/c1-2-13-7-3-5-9-16(13)19-12-15-11-14-8-4-6-10-17(14)20-18(15)21/h4,6,8,10-11,13,16,19H,2-3,5,7,9,12H2,1H3,(H,20,21). The summed E-state index contributed by atoms with van der Waals surface area (Å²) in [6.07, 6.45) is 6.45. The van der Waals surface area contributed by atoms with E-state index in [2.05, 4.69) is 17.2 Å². The lowest BCUT2D eigenvalue weighted by molar-refractivity contribution is 0.254. The maximum Gasteiger partial charge on any atom is 0.252 e.